The van der Waals surface area contributed by atoms with Crippen molar-refractivity contribution in [2.24, 2.45) is 7.05 Å². The molecule has 1 heterocycles. The van der Waals surface area contributed by atoms with Crippen molar-refractivity contribution in [1.29, 1.82) is 0 Å². The van der Waals surface area contributed by atoms with Gasteiger partial charge in [0.25, 0.3) is 5.91 Å². The zero-order valence-corrected chi connectivity index (χ0v) is 14.4. The first-order chi connectivity index (χ1) is 11.1. The van der Waals surface area contributed by atoms with Crippen LogP contribution < -0.4 is 5.32 Å². The van der Waals surface area contributed by atoms with E-state index in [4.69, 9.17) is 11.6 Å². The van der Waals surface area contributed by atoms with Gasteiger partial charge in [0.1, 0.15) is 5.82 Å². The van der Waals surface area contributed by atoms with Gasteiger partial charge in [-0.05, 0) is 36.6 Å². The number of fused-ring (bicyclic) bond motifs is 1. The molecule has 0 saturated carbocycles. The van der Waals surface area contributed by atoms with Gasteiger partial charge in [-0.15, -0.1) is 11.8 Å². The van der Waals surface area contributed by atoms with E-state index in [9.17, 15) is 4.79 Å². The number of para-hydroxylation sites is 2. The van der Waals surface area contributed by atoms with Gasteiger partial charge in [-0.2, -0.15) is 0 Å². The van der Waals surface area contributed by atoms with Gasteiger partial charge in [-0.1, -0.05) is 23.7 Å². The molecule has 0 bridgehead atoms. The summed E-state index contributed by atoms with van der Waals surface area (Å²) in [6.07, 6.45) is 1.96. The van der Waals surface area contributed by atoms with E-state index in [1.807, 2.05) is 48.2 Å². The molecule has 1 amide bonds. The number of halogens is 1. The standard InChI is InChI=1S/C17H16ClN3OS/c1-21-15-6-4-3-5-14(15)20-16(21)10-19-17(22)12-9-11(23-2)7-8-13(12)18/h3-9H,10H2,1-2H3,(H,19,22). The van der Waals surface area contributed by atoms with Gasteiger partial charge < -0.3 is 9.88 Å². The number of carbonyl (C=O) groups is 1. The molecule has 1 aromatic heterocycles. The summed E-state index contributed by atoms with van der Waals surface area (Å²) in [4.78, 5) is 17.9. The first-order valence-electron chi connectivity index (χ1n) is 7.12. The fourth-order valence-corrected chi connectivity index (χ4v) is 3.06. The summed E-state index contributed by atoms with van der Waals surface area (Å²) in [7, 11) is 1.94. The van der Waals surface area contributed by atoms with E-state index in [0.717, 1.165) is 21.8 Å². The zero-order valence-electron chi connectivity index (χ0n) is 12.8. The van der Waals surface area contributed by atoms with Gasteiger partial charge in [0.2, 0.25) is 0 Å². The molecule has 1 N–H and O–H groups in total. The van der Waals surface area contributed by atoms with Gasteiger partial charge in [0.05, 0.1) is 28.2 Å². The molecule has 0 aliphatic rings. The molecule has 3 aromatic rings. The van der Waals surface area contributed by atoms with Crippen molar-refractivity contribution in [2.75, 3.05) is 6.26 Å². The topological polar surface area (TPSA) is 46.9 Å². The highest BCUT2D eigenvalue weighted by molar-refractivity contribution is 7.98. The lowest BCUT2D eigenvalue weighted by Crippen LogP contribution is -2.24. The molecular weight excluding hydrogens is 330 g/mol. The second kappa shape index (κ2) is 6.64. The van der Waals surface area contributed by atoms with Gasteiger partial charge in [-0.3, -0.25) is 4.79 Å². The van der Waals surface area contributed by atoms with E-state index in [2.05, 4.69) is 10.3 Å². The smallest absolute Gasteiger partial charge is 0.253 e. The number of rotatable bonds is 4. The van der Waals surface area contributed by atoms with E-state index in [1.165, 1.54) is 0 Å². The molecule has 0 spiro atoms. The third-order valence-corrected chi connectivity index (χ3v) is 4.76. The lowest BCUT2D eigenvalue weighted by atomic mass is 10.2. The molecule has 0 radical (unpaired) electrons. The molecular formula is C17H16ClN3OS. The van der Waals surface area contributed by atoms with E-state index < -0.39 is 0 Å². The monoisotopic (exact) mass is 345 g/mol. The van der Waals surface area contributed by atoms with Crippen LogP contribution in [0.2, 0.25) is 5.02 Å². The van der Waals surface area contributed by atoms with Crippen molar-refractivity contribution < 1.29 is 4.79 Å². The molecule has 0 aliphatic carbocycles. The third kappa shape index (κ3) is 3.21. The van der Waals surface area contributed by atoms with Gasteiger partial charge in [0.15, 0.2) is 0 Å². The van der Waals surface area contributed by atoms with Crippen LogP contribution in [0.3, 0.4) is 0 Å². The molecule has 3 rings (SSSR count). The molecule has 118 valence electrons. The fourth-order valence-electron chi connectivity index (χ4n) is 2.41. The van der Waals surface area contributed by atoms with Gasteiger partial charge in [-0.25, -0.2) is 4.98 Å². The number of hydrogen-bond donors (Lipinski definition) is 1. The van der Waals surface area contributed by atoms with Crippen LogP contribution in [0.4, 0.5) is 0 Å². The highest BCUT2D eigenvalue weighted by atomic mass is 35.5. The molecule has 0 unspecified atom stereocenters. The number of nitrogens with one attached hydrogen (secondary N) is 1. The zero-order chi connectivity index (χ0) is 16.4. The summed E-state index contributed by atoms with van der Waals surface area (Å²) in [6, 6.07) is 13.3. The van der Waals surface area contributed by atoms with Gasteiger partial charge in [0, 0.05) is 11.9 Å². The Hall–Kier alpha value is -1.98. The molecule has 2 aromatic carbocycles. The van der Waals surface area contributed by atoms with E-state index in [0.29, 0.717) is 17.1 Å². The van der Waals surface area contributed by atoms with E-state index in [1.54, 1.807) is 23.9 Å². The Morgan fingerprint density at radius 2 is 2.09 bits per heavy atom. The van der Waals surface area contributed by atoms with Crippen molar-refractivity contribution >= 4 is 40.3 Å². The van der Waals surface area contributed by atoms with E-state index >= 15 is 0 Å². The first kappa shape index (κ1) is 15.9. The van der Waals surface area contributed by atoms with Crippen LogP contribution in [0.5, 0.6) is 0 Å². The SMILES string of the molecule is CSc1ccc(Cl)c(C(=O)NCc2nc3ccccc3n2C)c1. The summed E-state index contributed by atoms with van der Waals surface area (Å²) < 4.78 is 1.98. The number of amides is 1. The predicted octanol–water partition coefficient (Wildman–Crippen LogP) is 3.88. The van der Waals surface area contributed by atoms with Crippen LogP contribution in [-0.4, -0.2) is 21.7 Å². The molecule has 0 saturated heterocycles. The number of nitrogens with zero attached hydrogens (tertiary/aromatic N) is 2. The van der Waals surface area contributed by atoms with Crippen molar-refractivity contribution in [3.8, 4) is 0 Å². The Morgan fingerprint density at radius 1 is 1.30 bits per heavy atom. The second-order valence-corrected chi connectivity index (χ2v) is 6.39. The Kier molecular flexibility index (Phi) is 4.59. The normalized spacial score (nSPS) is 10.9. The number of benzene rings is 2. The van der Waals surface area contributed by atoms with Crippen LogP contribution in [0.1, 0.15) is 16.2 Å². The number of carbonyl (C=O) groups excluding carboxylic acids is 1. The minimum Gasteiger partial charge on any atom is -0.345 e. The van der Waals surface area contributed by atoms with Crippen molar-refractivity contribution in [1.82, 2.24) is 14.9 Å². The molecule has 0 atom stereocenters. The average molecular weight is 346 g/mol. The summed E-state index contributed by atoms with van der Waals surface area (Å²) in [5.41, 5.74) is 2.44. The highest BCUT2D eigenvalue weighted by Gasteiger charge is 2.13. The number of imidazole rings is 1. The highest BCUT2D eigenvalue weighted by Crippen LogP contribution is 2.23. The maximum Gasteiger partial charge on any atom is 0.253 e. The van der Waals surface area contributed by atoms with Crippen molar-refractivity contribution in [3.63, 3.8) is 0 Å². The minimum absolute atomic E-state index is 0.196. The molecule has 23 heavy (non-hydrogen) atoms. The Balaban J connectivity index is 1.79. The van der Waals surface area contributed by atoms with Crippen LogP contribution in [-0.2, 0) is 13.6 Å². The summed E-state index contributed by atoms with van der Waals surface area (Å²) in [5, 5.41) is 3.34. The van der Waals surface area contributed by atoms with E-state index in [-0.39, 0.29) is 5.91 Å². The van der Waals surface area contributed by atoms with Crippen LogP contribution in [0.25, 0.3) is 11.0 Å². The number of thioether (sulfide) groups is 1. The maximum atomic E-state index is 12.4. The van der Waals surface area contributed by atoms with Crippen LogP contribution >= 0.6 is 23.4 Å². The average Bonchev–Trinajstić information content (AvgIpc) is 2.89. The lowest BCUT2D eigenvalue weighted by molar-refractivity contribution is 0.0949. The van der Waals surface area contributed by atoms with Crippen LogP contribution in [0, 0.1) is 0 Å². The van der Waals surface area contributed by atoms with Crippen molar-refractivity contribution in [3.05, 3.63) is 58.9 Å². The molecule has 0 aliphatic heterocycles. The summed E-state index contributed by atoms with van der Waals surface area (Å²) in [5.74, 6) is 0.606. The second-order valence-electron chi connectivity index (χ2n) is 5.10. The molecule has 0 fully saturated rings. The summed E-state index contributed by atoms with van der Waals surface area (Å²) in [6.45, 7) is 0.351. The largest absolute Gasteiger partial charge is 0.345 e. The summed E-state index contributed by atoms with van der Waals surface area (Å²) >= 11 is 7.71. The van der Waals surface area contributed by atoms with Crippen LogP contribution in [0.15, 0.2) is 47.4 Å². The number of aryl methyl sites for hydroxylation is 1. The lowest BCUT2D eigenvalue weighted by Gasteiger charge is -2.08. The van der Waals surface area contributed by atoms with Gasteiger partial charge >= 0.3 is 0 Å². The third-order valence-electron chi connectivity index (χ3n) is 3.70. The van der Waals surface area contributed by atoms with Crippen molar-refractivity contribution in [2.45, 2.75) is 11.4 Å². The fraction of sp³-hybridized carbons (Fsp3) is 0.176. The quantitative estimate of drug-likeness (QED) is 0.730. The minimum atomic E-state index is -0.196. The predicted molar refractivity (Wildman–Crippen MR) is 95.1 cm³/mol. The molecule has 4 nitrogen and oxygen atoms in total. The Labute approximate surface area is 143 Å². The number of hydrogen-bond acceptors (Lipinski definition) is 3. The first-order valence-corrected chi connectivity index (χ1v) is 8.72. The Bertz CT molecular complexity index is 875. The maximum absolute atomic E-state index is 12.4. The Morgan fingerprint density at radius 3 is 2.83 bits per heavy atom. The molecule has 6 heteroatoms. The number of aromatic nitrogens is 2.